The smallest absolute Gasteiger partial charge is 0.356 e. The van der Waals surface area contributed by atoms with E-state index in [0.717, 1.165) is 0 Å². The Hall–Kier alpha value is -0.990. The van der Waals surface area contributed by atoms with Crippen LogP contribution in [0, 0.1) is 0 Å². The molecule has 0 aromatic carbocycles. The van der Waals surface area contributed by atoms with Crippen LogP contribution >= 0.6 is 0 Å². The fourth-order valence-electron chi connectivity index (χ4n) is 0.653. The molecule has 0 N–H and O–H groups in total. The highest BCUT2D eigenvalue weighted by atomic mass is 16.6. The van der Waals surface area contributed by atoms with Crippen LogP contribution in [0.4, 0.5) is 0 Å². The first-order chi connectivity index (χ1) is 4.68. The molecule has 0 bridgehead atoms. The maximum atomic E-state index is 5.25. The predicted octanol–water partition coefficient (Wildman–Crippen LogP) is 0.891. The molecule has 0 aliphatic rings. The van der Waals surface area contributed by atoms with Gasteiger partial charge in [0, 0.05) is 0 Å². The van der Waals surface area contributed by atoms with Gasteiger partial charge in [-0.1, -0.05) is 0 Å². The number of rotatable bonds is 2. The SMILES string of the molecule is CC(C)Oc1c[n+](C)co1. The fourth-order valence-corrected chi connectivity index (χ4v) is 0.653. The first-order valence-electron chi connectivity index (χ1n) is 3.29. The highest BCUT2D eigenvalue weighted by Crippen LogP contribution is 2.07. The molecule has 0 atom stereocenters. The maximum absolute atomic E-state index is 5.25. The average molecular weight is 142 g/mol. The van der Waals surface area contributed by atoms with Crippen LogP contribution in [0.2, 0.25) is 0 Å². The number of ether oxygens (including phenoxy) is 1. The van der Waals surface area contributed by atoms with Gasteiger partial charge in [0.15, 0.2) is 0 Å². The van der Waals surface area contributed by atoms with Crippen LogP contribution in [-0.4, -0.2) is 6.10 Å². The normalized spacial score (nSPS) is 10.4. The van der Waals surface area contributed by atoms with Crippen LogP contribution in [0.1, 0.15) is 13.8 Å². The summed E-state index contributed by atoms with van der Waals surface area (Å²) < 4.78 is 12.1. The molecule has 0 spiro atoms. The zero-order valence-electron chi connectivity index (χ0n) is 6.50. The zero-order chi connectivity index (χ0) is 7.56. The van der Waals surface area contributed by atoms with E-state index in [2.05, 4.69) is 0 Å². The quantitative estimate of drug-likeness (QED) is 0.573. The highest BCUT2D eigenvalue weighted by Gasteiger charge is 2.05. The number of aryl methyl sites for hydroxylation is 1. The average Bonchev–Trinajstić information content (AvgIpc) is 2.13. The number of hydrogen-bond donors (Lipinski definition) is 0. The van der Waals surface area contributed by atoms with Gasteiger partial charge in [0.25, 0.3) is 6.20 Å². The third-order valence-electron chi connectivity index (χ3n) is 0.996. The second-order valence-electron chi connectivity index (χ2n) is 2.50. The molecule has 1 aromatic rings. The lowest BCUT2D eigenvalue weighted by Crippen LogP contribution is -2.22. The minimum atomic E-state index is 0.172. The molecule has 1 rings (SSSR count). The summed E-state index contributed by atoms with van der Waals surface area (Å²) in [5.41, 5.74) is 0. The van der Waals surface area contributed by atoms with Crippen LogP contribution in [-0.2, 0) is 7.05 Å². The van der Waals surface area contributed by atoms with Crippen molar-refractivity contribution < 1.29 is 13.7 Å². The van der Waals surface area contributed by atoms with Crippen molar-refractivity contribution in [3.05, 3.63) is 12.6 Å². The Bertz CT molecular complexity index is 205. The molecule has 0 amide bonds. The molecule has 0 saturated carbocycles. The number of hydrogen-bond acceptors (Lipinski definition) is 2. The van der Waals surface area contributed by atoms with Gasteiger partial charge in [-0.05, 0) is 13.8 Å². The molecule has 0 unspecified atom stereocenters. The summed E-state index contributed by atoms with van der Waals surface area (Å²) >= 11 is 0. The molecule has 0 aliphatic carbocycles. The van der Waals surface area contributed by atoms with Crippen LogP contribution in [0.3, 0.4) is 0 Å². The summed E-state index contributed by atoms with van der Waals surface area (Å²) in [5.74, 6) is 0.567. The minimum Gasteiger partial charge on any atom is -0.458 e. The molecule has 10 heavy (non-hydrogen) atoms. The molecule has 0 fully saturated rings. The summed E-state index contributed by atoms with van der Waals surface area (Å²) in [7, 11) is 1.89. The predicted molar refractivity (Wildman–Crippen MR) is 35.6 cm³/mol. The maximum Gasteiger partial charge on any atom is 0.356 e. The molecule has 3 nitrogen and oxygen atoms in total. The Balaban J connectivity index is 2.58. The Morgan fingerprint density at radius 2 is 2.30 bits per heavy atom. The van der Waals surface area contributed by atoms with Gasteiger partial charge in [-0.2, -0.15) is 4.57 Å². The van der Waals surface area contributed by atoms with Gasteiger partial charge in [0.05, 0.1) is 6.10 Å². The van der Waals surface area contributed by atoms with E-state index in [0.29, 0.717) is 5.95 Å². The standard InChI is InChI=1S/C7H12NO2/c1-6(2)10-7-4-8(3)5-9-7/h4-6H,1-3H3/q+1. The molecule has 0 radical (unpaired) electrons. The lowest BCUT2D eigenvalue weighted by atomic mass is 10.5. The van der Waals surface area contributed by atoms with Crippen LogP contribution in [0.15, 0.2) is 17.0 Å². The van der Waals surface area contributed by atoms with Gasteiger partial charge in [0.2, 0.25) is 0 Å². The van der Waals surface area contributed by atoms with Crippen molar-refractivity contribution in [3.63, 3.8) is 0 Å². The van der Waals surface area contributed by atoms with Crippen LogP contribution in [0.5, 0.6) is 5.95 Å². The van der Waals surface area contributed by atoms with E-state index in [1.54, 1.807) is 17.2 Å². The Morgan fingerprint density at radius 3 is 2.70 bits per heavy atom. The summed E-state index contributed by atoms with van der Waals surface area (Å²) in [4.78, 5) is 0. The number of nitrogens with zero attached hydrogens (tertiary/aromatic N) is 1. The first-order valence-corrected chi connectivity index (χ1v) is 3.29. The molecular formula is C7H12NO2+. The molecule has 3 heteroatoms. The lowest BCUT2D eigenvalue weighted by Gasteiger charge is -2.01. The van der Waals surface area contributed by atoms with Gasteiger partial charge in [-0.25, -0.2) is 0 Å². The topological polar surface area (TPSA) is 26.2 Å². The van der Waals surface area contributed by atoms with E-state index in [1.807, 2.05) is 20.9 Å². The van der Waals surface area contributed by atoms with Crippen molar-refractivity contribution in [2.75, 3.05) is 0 Å². The Labute approximate surface area is 60.2 Å². The van der Waals surface area contributed by atoms with E-state index in [4.69, 9.17) is 9.15 Å². The molecule has 1 aromatic heterocycles. The lowest BCUT2D eigenvalue weighted by molar-refractivity contribution is -0.674. The minimum absolute atomic E-state index is 0.172. The Morgan fingerprint density at radius 1 is 1.60 bits per heavy atom. The van der Waals surface area contributed by atoms with E-state index in [-0.39, 0.29) is 6.10 Å². The van der Waals surface area contributed by atoms with Crippen molar-refractivity contribution in [1.82, 2.24) is 0 Å². The van der Waals surface area contributed by atoms with E-state index < -0.39 is 0 Å². The summed E-state index contributed by atoms with van der Waals surface area (Å²) in [6.45, 7) is 3.92. The summed E-state index contributed by atoms with van der Waals surface area (Å²) in [5, 5.41) is 0. The zero-order valence-corrected chi connectivity index (χ0v) is 6.50. The van der Waals surface area contributed by atoms with Crippen molar-refractivity contribution in [3.8, 4) is 5.95 Å². The van der Waals surface area contributed by atoms with E-state index in [1.165, 1.54) is 0 Å². The summed E-state index contributed by atoms with van der Waals surface area (Å²) in [6.07, 6.45) is 3.56. The number of aromatic nitrogens is 1. The van der Waals surface area contributed by atoms with Gasteiger partial charge in [-0.3, -0.25) is 0 Å². The van der Waals surface area contributed by atoms with Gasteiger partial charge in [0.1, 0.15) is 7.05 Å². The number of oxazole rings is 1. The summed E-state index contributed by atoms with van der Waals surface area (Å²) in [6, 6.07) is 0. The first kappa shape index (κ1) is 7.12. The fraction of sp³-hybridized carbons (Fsp3) is 0.571. The largest absolute Gasteiger partial charge is 0.458 e. The van der Waals surface area contributed by atoms with Crippen LogP contribution in [0.25, 0.3) is 0 Å². The van der Waals surface area contributed by atoms with Crippen molar-refractivity contribution in [1.29, 1.82) is 0 Å². The van der Waals surface area contributed by atoms with Crippen LogP contribution < -0.4 is 9.30 Å². The van der Waals surface area contributed by atoms with Crippen molar-refractivity contribution >= 4 is 0 Å². The molecule has 1 heterocycles. The third-order valence-corrected chi connectivity index (χ3v) is 0.996. The molecular weight excluding hydrogens is 130 g/mol. The molecule has 56 valence electrons. The molecule has 0 saturated heterocycles. The second-order valence-corrected chi connectivity index (χ2v) is 2.50. The van der Waals surface area contributed by atoms with Crippen molar-refractivity contribution in [2.24, 2.45) is 7.05 Å². The van der Waals surface area contributed by atoms with Crippen molar-refractivity contribution in [2.45, 2.75) is 20.0 Å². The van der Waals surface area contributed by atoms with E-state index >= 15 is 0 Å². The third kappa shape index (κ3) is 1.76. The highest BCUT2D eigenvalue weighted by molar-refractivity contribution is 4.90. The second kappa shape index (κ2) is 2.73. The Kier molecular flexibility index (Phi) is 1.94. The molecule has 0 aliphatic heterocycles. The monoisotopic (exact) mass is 142 g/mol. The van der Waals surface area contributed by atoms with E-state index in [9.17, 15) is 0 Å². The van der Waals surface area contributed by atoms with Gasteiger partial charge in [-0.15, -0.1) is 0 Å². The van der Waals surface area contributed by atoms with Gasteiger partial charge >= 0.3 is 12.3 Å². The van der Waals surface area contributed by atoms with Gasteiger partial charge < -0.3 is 9.15 Å².